The van der Waals surface area contributed by atoms with Crippen LogP contribution in [-0.2, 0) is 10.0 Å². The first-order valence-corrected chi connectivity index (χ1v) is 10.8. The molecule has 158 valence electrons. The van der Waals surface area contributed by atoms with Gasteiger partial charge in [-0.25, -0.2) is 13.2 Å². The van der Waals surface area contributed by atoms with Crippen molar-refractivity contribution >= 4 is 27.6 Å². The summed E-state index contributed by atoms with van der Waals surface area (Å²) in [4.78, 5) is 24.1. The summed E-state index contributed by atoms with van der Waals surface area (Å²) in [7, 11) is -3.80. The lowest BCUT2D eigenvalue weighted by Gasteiger charge is -2.26. The highest BCUT2D eigenvalue weighted by molar-refractivity contribution is 7.89. The number of carbonyl (C=O) groups is 2. The first-order valence-electron chi connectivity index (χ1n) is 9.36. The molecule has 0 fully saturated rings. The first kappa shape index (κ1) is 23.1. The fraction of sp³-hybridized carbons (Fsp3) is 0.286. The number of benzene rings is 2. The van der Waals surface area contributed by atoms with E-state index in [2.05, 4.69) is 5.32 Å². The van der Waals surface area contributed by atoms with Crippen molar-refractivity contribution in [3.63, 3.8) is 0 Å². The quantitative estimate of drug-likeness (QED) is 0.663. The number of aromatic carboxylic acids is 1. The van der Waals surface area contributed by atoms with Gasteiger partial charge in [0.2, 0.25) is 10.0 Å². The summed E-state index contributed by atoms with van der Waals surface area (Å²) < 4.78 is 27.4. The van der Waals surface area contributed by atoms with Crippen molar-refractivity contribution in [2.75, 3.05) is 11.9 Å². The van der Waals surface area contributed by atoms with Gasteiger partial charge in [0.1, 0.15) is 0 Å². The molecule has 0 saturated heterocycles. The number of carboxylic acids is 1. The van der Waals surface area contributed by atoms with Gasteiger partial charge in [0.15, 0.2) is 0 Å². The molecule has 2 aromatic carbocycles. The summed E-state index contributed by atoms with van der Waals surface area (Å²) in [6.45, 7) is 5.75. The SMILES string of the molecule is CCC(C)N(CC)S(=O)(=O)c1cccc(C(=O)Nc2ccc(C#N)cc2C(=O)O)c1. The molecule has 2 N–H and O–H groups in total. The van der Waals surface area contributed by atoms with Gasteiger partial charge >= 0.3 is 5.97 Å². The number of carbonyl (C=O) groups excluding carboxylic acids is 1. The third kappa shape index (κ3) is 4.84. The summed E-state index contributed by atoms with van der Waals surface area (Å²) in [5.74, 6) is -1.96. The van der Waals surface area contributed by atoms with Crippen molar-refractivity contribution in [2.45, 2.75) is 38.1 Å². The molecular weight excluding hydrogens is 406 g/mol. The van der Waals surface area contributed by atoms with Crippen LogP contribution in [0, 0.1) is 11.3 Å². The minimum atomic E-state index is -3.80. The highest BCUT2D eigenvalue weighted by atomic mass is 32.2. The summed E-state index contributed by atoms with van der Waals surface area (Å²) in [6.07, 6.45) is 0.643. The molecule has 0 aromatic heterocycles. The van der Waals surface area contributed by atoms with Crippen molar-refractivity contribution in [1.82, 2.24) is 4.31 Å². The van der Waals surface area contributed by atoms with Gasteiger partial charge in [0.05, 0.1) is 27.8 Å². The number of nitrogens with one attached hydrogen (secondary N) is 1. The predicted molar refractivity (Wildman–Crippen MR) is 112 cm³/mol. The normalized spacial score (nSPS) is 12.2. The number of sulfonamides is 1. The minimum Gasteiger partial charge on any atom is -0.478 e. The Kier molecular flexibility index (Phi) is 7.32. The van der Waals surface area contributed by atoms with Crippen molar-refractivity contribution in [1.29, 1.82) is 5.26 Å². The minimum absolute atomic E-state index is 0.00884. The highest BCUT2D eigenvalue weighted by Crippen LogP contribution is 2.22. The number of rotatable bonds is 8. The maximum absolute atomic E-state index is 13.0. The number of nitriles is 1. The van der Waals surface area contributed by atoms with E-state index in [0.29, 0.717) is 13.0 Å². The van der Waals surface area contributed by atoms with E-state index in [0.717, 1.165) is 6.07 Å². The van der Waals surface area contributed by atoms with Crippen molar-refractivity contribution in [3.05, 3.63) is 59.2 Å². The number of hydrogen-bond donors (Lipinski definition) is 2. The van der Waals surface area contributed by atoms with Gasteiger partial charge in [-0.05, 0) is 49.7 Å². The summed E-state index contributed by atoms with van der Waals surface area (Å²) in [5, 5.41) is 20.7. The van der Waals surface area contributed by atoms with Gasteiger partial charge in [-0.15, -0.1) is 0 Å². The van der Waals surface area contributed by atoms with Crippen LogP contribution in [0.15, 0.2) is 47.4 Å². The van der Waals surface area contributed by atoms with E-state index in [1.165, 1.54) is 40.7 Å². The van der Waals surface area contributed by atoms with Gasteiger partial charge in [0.25, 0.3) is 5.91 Å². The van der Waals surface area contributed by atoms with E-state index in [1.807, 2.05) is 19.9 Å². The molecule has 8 nitrogen and oxygen atoms in total. The molecule has 1 unspecified atom stereocenters. The second kappa shape index (κ2) is 9.52. The second-order valence-corrected chi connectivity index (χ2v) is 8.52. The Morgan fingerprint density at radius 2 is 1.90 bits per heavy atom. The predicted octanol–water partition coefficient (Wildman–Crippen LogP) is 3.32. The van der Waals surface area contributed by atoms with Crippen molar-refractivity contribution < 1.29 is 23.1 Å². The molecule has 1 atom stereocenters. The lowest BCUT2D eigenvalue weighted by atomic mass is 10.1. The van der Waals surface area contributed by atoms with Crippen LogP contribution < -0.4 is 5.32 Å². The number of nitrogens with zero attached hydrogens (tertiary/aromatic N) is 2. The Morgan fingerprint density at radius 1 is 1.20 bits per heavy atom. The smallest absolute Gasteiger partial charge is 0.337 e. The Hall–Kier alpha value is -3.22. The third-order valence-electron chi connectivity index (χ3n) is 4.72. The van der Waals surface area contributed by atoms with Crippen LogP contribution in [0.4, 0.5) is 5.69 Å². The Morgan fingerprint density at radius 3 is 2.47 bits per heavy atom. The van der Waals surface area contributed by atoms with Crippen LogP contribution in [0.25, 0.3) is 0 Å². The zero-order chi connectivity index (χ0) is 22.5. The van der Waals surface area contributed by atoms with E-state index in [-0.39, 0.29) is 33.3 Å². The average Bonchev–Trinajstić information content (AvgIpc) is 2.74. The fourth-order valence-corrected chi connectivity index (χ4v) is 4.71. The van der Waals surface area contributed by atoms with Gasteiger partial charge in [0, 0.05) is 18.2 Å². The van der Waals surface area contributed by atoms with E-state index in [9.17, 15) is 23.1 Å². The van der Waals surface area contributed by atoms with Gasteiger partial charge in [-0.1, -0.05) is 19.9 Å². The Labute approximate surface area is 175 Å². The molecule has 0 saturated carbocycles. The molecule has 30 heavy (non-hydrogen) atoms. The standard InChI is InChI=1S/C21H23N3O5S/c1-4-14(3)24(5-2)30(28,29)17-8-6-7-16(12-17)20(25)23-19-10-9-15(13-22)11-18(19)21(26)27/h6-12,14H,4-5H2,1-3H3,(H,23,25)(H,26,27). The van der Waals surface area contributed by atoms with Crippen LogP contribution in [0.3, 0.4) is 0 Å². The molecular formula is C21H23N3O5S. The maximum Gasteiger partial charge on any atom is 0.337 e. The van der Waals surface area contributed by atoms with Crippen molar-refractivity contribution in [3.8, 4) is 6.07 Å². The molecule has 0 aliphatic carbocycles. The van der Waals surface area contributed by atoms with E-state index < -0.39 is 21.9 Å². The first-order chi connectivity index (χ1) is 14.1. The van der Waals surface area contributed by atoms with E-state index in [4.69, 9.17) is 5.26 Å². The van der Waals surface area contributed by atoms with Crippen molar-refractivity contribution in [2.24, 2.45) is 0 Å². The largest absolute Gasteiger partial charge is 0.478 e. The molecule has 2 aromatic rings. The van der Waals surface area contributed by atoms with E-state index in [1.54, 1.807) is 6.92 Å². The van der Waals surface area contributed by atoms with Crippen LogP contribution in [0.2, 0.25) is 0 Å². The zero-order valence-corrected chi connectivity index (χ0v) is 17.7. The van der Waals surface area contributed by atoms with Crippen LogP contribution in [0.1, 0.15) is 53.5 Å². The molecule has 0 heterocycles. The van der Waals surface area contributed by atoms with Gasteiger partial charge in [-0.2, -0.15) is 9.57 Å². The third-order valence-corrected chi connectivity index (χ3v) is 6.81. The molecule has 0 spiro atoms. The fourth-order valence-electron chi connectivity index (χ4n) is 2.95. The number of hydrogen-bond acceptors (Lipinski definition) is 5. The van der Waals surface area contributed by atoms with Gasteiger partial charge in [-0.3, -0.25) is 4.79 Å². The molecule has 0 bridgehead atoms. The van der Waals surface area contributed by atoms with Gasteiger partial charge < -0.3 is 10.4 Å². The second-order valence-electron chi connectivity index (χ2n) is 6.62. The lowest BCUT2D eigenvalue weighted by molar-refractivity contribution is 0.0698. The summed E-state index contributed by atoms with van der Waals surface area (Å²) in [5.41, 5.74) is -0.0187. The van der Waals surface area contributed by atoms with E-state index >= 15 is 0 Å². The zero-order valence-electron chi connectivity index (χ0n) is 16.9. The molecule has 2 rings (SSSR count). The Balaban J connectivity index is 2.38. The highest BCUT2D eigenvalue weighted by Gasteiger charge is 2.27. The average molecular weight is 429 g/mol. The summed E-state index contributed by atoms with van der Waals surface area (Å²) in [6, 6.07) is 11.1. The number of amides is 1. The summed E-state index contributed by atoms with van der Waals surface area (Å²) >= 11 is 0. The molecule has 0 aliphatic rings. The molecule has 0 radical (unpaired) electrons. The molecule has 1 amide bonds. The Bertz CT molecular complexity index is 1110. The van der Waals surface area contributed by atoms with Crippen LogP contribution >= 0.6 is 0 Å². The molecule has 9 heteroatoms. The topological polar surface area (TPSA) is 128 Å². The number of anilines is 1. The maximum atomic E-state index is 13.0. The monoisotopic (exact) mass is 429 g/mol. The molecule has 0 aliphatic heterocycles. The van der Waals surface area contributed by atoms with Crippen LogP contribution in [0.5, 0.6) is 0 Å². The van der Waals surface area contributed by atoms with Crippen LogP contribution in [-0.4, -0.2) is 42.3 Å². The number of carboxylic acid groups (broad SMARTS) is 1. The lowest BCUT2D eigenvalue weighted by Crippen LogP contribution is -2.38.